The molecule has 0 saturated heterocycles. The van der Waals surface area contributed by atoms with Gasteiger partial charge in [-0.15, -0.1) is 0 Å². The van der Waals surface area contributed by atoms with E-state index in [0.717, 1.165) is 78.3 Å². The molecule has 61 heavy (non-hydrogen) atoms. The number of nitrogens with zero attached hydrogens (tertiary/aromatic N) is 3. The summed E-state index contributed by atoms with van der Waals surface area (Å²) in [6.45, 7) is 4.68. The summed E-state index contributed by atoms with van der Waals surface area (Å²) in [7, 11) is 0. The molecule has 0 saturated carbocycles. The fourth-order valence-corrected chi connectivity index (χ4v) is 9.47. The van der Waals surface area contributed by atoms with Crippen LogP contribution >= 0.6 is 0 Å². The van der Waals surface area contributed by atoms with Crippen LogP contribution in [0.3, 0.4) is 0 Å². The molecule has 0 spiro atoms. The van der Waals surface area contributed by atoms with Gasteiger partial charge in [0.15, 0.2) is 5.58 Å². The van der Waals surface area contributed by atoms with Crippen LogP contribution < -0.4 is 9.80 Å². The Kier molecular flexibility index (Phi) is 7.81. The van der Waals surface area contributed by atoms with Gasteiger partial charge in [-0.2, -0.15) is 0 Å². The first-order valence-electron chi connectivity index (χ1n) is 20.8. The van der Waals surface area contributed by atoms with E-state index < -0.39 is 0 Å². The van der Waals surface area contributed by atoms with Gasteiger partial charge in [-0.3, -0.25) is 0 Å². The number of aromatic nitrogens is 1. The Labute approximate surface area is 353 Å². The summed E-state index contributed by atoms with van der Waals surface area (Å²) in [6.07, 6.45) is 0. The first-order chi connectivity index (χ1) is 30.0. The Hall–Kier alpha value is -7.89. The van der Waals surface area contributed by atoms with Crippen LogP contribution in [-0.2, 0) is 5.41 Å². The van der Waals surface area contributed by atoms with Gasteiger partial charge in [-0.1, -0.05) is 117 Å². The van der Waals surface area contributed by atoms with Gasteiger partial charge in [0.05, 0.1) is 5.69 Å². The first-order valence-corrected chi connectivity index (χ1v) is 20.8. The molecular formula is C56H39N3O2. The van der Waals surface area contributed by atoms with Crippen molar-refractivity contribution < 1.29 is 8.83 Å². The van der Waals surface area contributed by atoms with Crippen LogP contribution in [0.5, 0.6) is 0 Å². The fraction of sp³-hybridized carbons (Fsp3) is 0.0536. The number of hydrogen-bond donors (Lipinski definition) is 0. The normalized spacial score (nSPS) is 12.9. The maximum absolute atomic E-state index is 7.08. The van der Waals surface area contributed by atoms with Gasteiger partial charge >= 0.3 is 0 Å². The molecule has 5 nitrogen and oxygen atoms in total. The van der Waals surface area contributed by atoms with Crippen molar-refractivity contribution in [2.75, 3.05) is 9.80 Å². The second kappa shape index (κ2) is 13.6. The third-order valence-electron chi connectivity index (χ3n) is 12.4. The zero-order chi connectivity index (χ0) is 40.7. The first kappa shape index (κ1) is 35.1. The highest BCUT2D eigenvalue weighted by atomic mass is 16.3. The maximum atomic E-state index is 7.08. The molecule has 11 aromatic rings. The number of benzene rings is 9. The van der Waals surface area contributed by atoms with Gasteiger partial charge in [-0.05, 0) is 125 Å². The van der Waals surface area contributed by atoms with Crippen LogP contribution in [0.4, 0.5) is 34.1 Å². The summed E-state index contributed by atoms with van der Waals surface area (Å²) >= 11 is 0. The Morgan fingerprint density at radius 2 is 1.03 bits per heavy atom. The van der Waals surface area contributed by atoms with Gasteiger partial charge in [0, 0.05) is 55.8 Å². The Bertz CT molecular complexity index is 3420. The van der Waals surface area contributed by atoms with Crippen molar-refractivity contribution in [1.82, 2.24) is 4.98 Å². The van der Waals surface area contributed by atoms with Crippen LogP contribution in [0.25, 0.3) is 66.4 Å². The monoisotopic (exact) mass is 785 g/mol. The van der Waals surface area contributed by atoms with E-state index in [4.69, 9.17) is 13.8 Å². The van der Waals surface area contributed by atoms with Crippen molar-refractivity contribution in [3.05, 3.63) is 211 Å². The molecule has 0 unspecified atom stereocenters. The fourth-order valence-electron chi connectivity index (χ4n) is 9.47. The van der Waals surface area contributed by atoms with Crippen LogP contribution in [0, 0.1) is 0 Å². The van der Waals surface area contributed by atoms with Gasteiger partial charge in [-0.25, -0.2) is 4.98 Å². The number of hydrogen-bond acceptors (Lipinski definition) is 5. The minimum atomic E-state index is -0.334. The number of oxazole rings is 1. The summed E-state index contributed by atoms with van der Waals surface area (Å²) in [5.41, 5.74) is 14.7. The van der Waals surface area contributed by atoms with E-state index in [2.05, 4.69) is 194 Å². The average Bonchev–Trinajstić information content (AvgIpc) is 3.97. The van der Waals surface area contributed by atoms with Crippen LogP contribution in [0.15, 0.2) is 209 Å². The molecular weight excluding hydrogens is 747 g/mol. The summed E-state index contributed by atoms with van der Waals surface area (Å²) in [6, 6.07) is 70.6. The molecule has 1 aliphatic carbocycles. The van der Waals surface area contributed by atoms with E-state index >= 15 is 0 Å². The number of anilines is 6. The summed E-state index contributed by atoms with van der Waals surface area (Å²) in [5, 5.41) is 4.53. The van der Waals surface area contributed by atoms with E-state index in [0.29, 0.717) is 5.89 Å². The second-order valence-corrected chi connectivity index (χ2v) is 16.4. The van der Waals surface area contributed by atoms with E-state index in [-0.39, 0.29) is 5.41 Å². The van der Waals surface area contributed by atoms with Gasteiger partial charge in [0.1, 0.15) is 16.7 Å². The Morgan fingerprint density at radius 1 is 0.443 bits per heavy atom. The molecule has 0 atom stereocenters. The number of furan rings is 1. The van der Waals surface area contributed by atoms with Gasteiger partial charge < -0.3 is 18.6 Å². The zero-order valence-corrected chi connectivity index (χ0v) is 33.7. The lowest BCUT2D eigenvalue weighted by Crippen LogP contribution is -2.17. The molecule has 2 heterocycles. The highest BCUT2D eigenvalue weighted by molar-refractivity contribution is 6.11. The van der Waals surface area contributed by atoms with E-state index in [9.17, 15) is 0 Å². The van der Waals surface area contributed by atoms with Crippen molar-refractivity contribution in [3.63, 3.8) is 0 Å². The van der Waals surface area contributed by atoms with Crippen molar-refractivity contribution in [1.29, 1.82) is 0 Å². The molecule has 0 N–H and O–H groups in total. The van der Waals surface area contributed by atoms with E-state index in [1.54, 1.807) is 0 Å². The smallest absolute Gasteiger partial charge is 0.227 e. The van der Waals surface area contributed by atoms with E-state index in [1.807, 2.05) is 30.3 Å². The SMILES string of the molecule is CC1(C)c2cc3ccccc3cc2-c2c1cc1nc(-c3ccccc3)oc1c2N(c1cccc(N(c2ccccc2)c2ccccc2)c1)c1ccc2oc3ccccc3c2c1. The molecule has 12 rings (SSSR count). The Balaban J connectivity index is 1.19. The molecule has 0 aliphatic heterocycles. The molecule has 2 aromatic heterocycles. The van der Waals surface area contributed by atoms with Crippen LogP contribution in [0.1, 0.15) is 25.0 Å². The molecule has 0 amide bonds. The van der Waals surface area contributed by atoms with Gasteiger partial charge in [0.25, 0.3) is 0 Å². The lowest BCUT2D eigenvalue weighted by atomic mass is 9.81. The standard InChI is InChI=1S/C56H39N3O2/c1-56(2)47-32-38-20-13-12-19-37(38)31-46(47)52-48(56)35-49-54(61-55(57-49)36-17-6-3-7-18-36)53(52)59(43-29-30-51-45(34-43)44-27-14-15-28-50(44)60-51)42-26-16-25-41(33-42)58(39-21-8-4-9-22-39)40-23-10-5-11-24-40/h3-35H,1-2H3. The predicted octanol–water partition coefficient (Wildman–Crippen LogP) is 15.8. The molecule has 1 aliphatic rings. The highest BCUT2D eigenvalue weighted by Crippen LogP contribution is 2.58. The Morgan fingerprint density at radius 3 is 1.77 bits per heavy atom. The quantitative estimate of drug-likeness (QED) is 0.161. The topological polar surface area (TPSA) is 45.7 Å². The number of fused-ring (bicyclic) bond motifs is 8. The van der Waals surface area contributed by atoms with Crippen molar-refractivity contribution >= 4 is 77.9 Å². The molecule has 290 valence electrons. The van der Waals surface area contributed by atoms with Crippen molar-refractivity contribution in [3.8, 4) is 22.6 Å². The van der Waals surface area contributed by atoms with Crippen LogP contribution in [-0.4, -0.2) is 4.98 Å². The third kappa shape index (κ3) is 5.58. The molecule has 0 fully saturated rings. The minimum Gasteiger partial charge on any atom is -0.456 e. The van der Waals surface area contributed by atoms with Crippen molar-refractivity contribution in [2.45, 2.75) is 19.3 Å². The number of para-hydroxylation sites is 3. The average molecular weight is 786 g/mol. The molecule has 0 bridgehead atoms. The minimum absolute atomic E-state index is 0.334. The summed E-state index contributed by atoms with van der Waals surface area (Å²) in [4.78, 5) is 9.97. The number of rotatable bonds is 7. The maximum Gasteiger partial charge on any atom is 0.227 e. The van der Waals surface area contributed by atoms with Crippen molar-refractivity contribution in [2.24, 2.45) is 0 Å². The lowest BCUT2D eigenvalue weighted by molar-refractivity contribution is 0.620. The summed E-state index contributed by atoms with van der Waals surface area (Å²) < 4.78 is 13.5. The lowest BCUT2D eigenvalue weighted by Gasteiger charge is -2.31. The highest BCUT2D eigenvalue weighted by Gasteiger charge is 2.41. The van der Waals surface area contributed by atoms with Gasteiger partial charge in [0.2, 0.25) is 5.89 Å². The largest absolute Gasteiger partial charge is 0.456 e. The van der Waals surface area contributed by atoms with Crippen LogP contribution in [0.2, 0.25) is 0 Å². The van der Waals surface area contributed by atoms with E-state index in [1.165, 1.54) is 27.5 Å². The second-order valence-electron chi connectivity index (χ2n) is 16.4. The predicted molar refractivity (Wildman–Crippen MR) is 251 cm³/mol. The zero-order valence-electron chi connectivity index (χ0n) is 33.7. The third-order valence-corrected chi connectivity index (χ3v) is 12.4. The molecule has 9 aromatic carbocycles. The molecule has 5 heteroatoms. The molecule has 0 radical (unpaired) electrons. The summed E-state index contributed by atoms with van der Waals surface area (Å²) in [5.74, 6) is 0.585.